The van der Waals surface area contributed by atoms with Crippen LogP contribution in [-0.4, -0.2) is 114 Å². The van der Waals surface area contributed by atoms with Crippen molar-refractivity contribution in [3.05, 3.63) is 77.4 Å². The highest BCUT2D eigenvalue weighted by Crippen LogP contribution is 2.50. The van der Waals surface area contributed by atoms with Crippen LogP contribution < -0.4 is 15.4 Å². The number of fused-ring (bicyclic) bond motifs is 1. The minimum atomic E-state index is -0.157. The first-order valence-electron chi connectivity index (χ1n) is 22.3. The van der Waals surface area contributed by atoms with Crippen molar-refractivity contribution in [3.63, 3.8) is 0 Å². The second-order valence-electron chi connectivity index (χ2n) is 19.6. The molecule has 0 radical (unpaired) electrons. The number of piperidine rings is 1. The summed E-state index contributed by atoms with van der Waals surface area (Å²) in [4.78, 5) is 37.5. The number of likely N-dealkylation sites (tertiary alicyclic amines) is 3. The van der Waals surface area contributed by atoms with Gasteiger partial charge in [-0.2, -0.15) is 4.98 Å². The average molecular weight is 774 g/mol. The van der Waals surface area contributed by atoms with Gasteiger partial charge in [0, 0.05) is 100 Å². The van der Waals surface area contributed by atoms with Crippen LogP contribution in [0.25, 0.3) is 0 Å². The average Bonchev–Trinajstić information content (AvgIpc) is 3.98. The molecule has 5 saturated carbocycles. The van der Waals surface area contributed by atoms with Gasteiger partial charge < -0.3 is 29.7 Å². The van der Waals surface area contributed by atoms with Crippen molar-refractivity contribution < 1.29 is 18.8 Å². The van der Waals surface area contributed by atoms with Crippen molar-refractivity contribution in [3.8, 4) is 5.75 Å². The number of nitrogens with one attached hydrogen (secondary N) is 2. The lowest BCUT2D eigenvalue weighted by atomic mass is 9.96. The number of ether oxygens (including phenoxy) is 1. The molecule has 8 fully saturated rings. The van der Waals surface area contributed by atoms with Crippen LogP contribution in [0, 0.1) is 23.2 Å². The summed E-state index contributed by atoms with van der Waals surface area (Å²) in [5, 5.41) is 12.2. The molecule has 302 valence electrons. The Bertz CT molecular complexity index is 1920. The summed E-state index contributed by atoms with van der Waals surface area (Å²) in [5.74, 6) is 5.43. The quantitative estimate of drug-likeness (QED) is 0.151. The zero-order valence-electron chi connectivity index (χ0n) is 33.3. The normalized spacial score (nSPS) is 31.3. The van der Waals surface area contributed by atoms with E-state index in [1.807, 2.05) is 17.0 Å². The highest BCUT2D eigenvalue weighted by Gasteiger charge is 2.51. The fourth-order valence-electron chi connectivity index (χ4n) is 10.8. The topological polar surface area (TPSA) is 116 Å². The minimum absolute atomic E-state index is 0.0247. The number of hydrogen-bond donors (Lipinski definition) is 2. The van der Waals surface area contributed by atoms with Gasteiger partial charge in [-0.05, 0) is 105 Å². The van der Waals surface area contributed by atoms with Gasteiger partial charge in [0.05, 0.1) is 6.54 Å². The van der Waals surface area contributed by atoms with Crippen LogP contribution in [0.4, 0.5) is 0 Å². The lowest BCUT2D eigenvalue weighted by Crippen LogP contribution is -2.38. The SMILES string of the molecule is O=C(CN1CC2CN(CC3(CN[C@H]4C[C@@H]4c4ccccc4)CC3)CC2C1)Oc1ccc([C@H]2C[C@@H]2NCC2(c3noc(C4CCN(C(=O)C5CC5)CC4)n3)CC2)cc1. The number of benzene rings is 2. The summed E-state index contributed by atoms with van der Waals surface area (Å²) in [6.07, 6.45) is 11.2. The number of aromatic nitrogens is 2. The van der Waals surface area contributed by atoms with Crippen LogP contribution in [0.2, 0.25) is 0 Å². The van der Waals surface area contributed by atoms with Gasteiger partial charge in [0.1, 0.15) is 5.75 Å². The van der Waals surface area contributed by atoms with E-state index in [1.165, 1.54) is 36.9 Å². The number of nitrogens with zero attached hydrogens (tertiary/aromatic N) is 5. The molecule has 3 saturated heterocycles. The molecule has 3 aliphatic heterocycles. The molecule has 1 amide bonds. The van der Waals surface area contributed by atoms with E-state index in [1.54, 1.807) is 0 Å². The molecule has 2 aromatic carbocycles. The Morgan fingerprint density at radius 2 is 1.42 bits per heavy atom. The van der Waals surface area contributed by atoms with Gasteiger partial charge in [-0.3, -0.25) is 14.5 Å². The number of rotatable bonds is 16. The molecule has 2 unspecified atom stereocenters. The van der Waals surface area contributed by atoms with Crippen LogP contribution in [0.3, 0.4) is 0 Å². The number of amides is 1. The summed E-state index contributed by atoms with van der Waals surface area (Å²) in [5.41, 5.74) is 3.21. The van der Waals surface area contributed by atoms with E-state index in [-0.39, 0.29) is 23.2 Å². The molecule has 57 heavy (non-hydrogen) atoms. The molecule has 4 heterocycles. The van der Waals surface area contributed by atoms with Crippen LogP contribution in [0.1, 0.15) is 105 Å². The molecule has 6 atom stereocenters. The van der Waals surface area contributed by atoms with Crippen LogP contribution in [0.5, 0.6) is 5.75 Å². The summed E-state index contributed by atoms with van der Waals surface area (Å²) in [7, 11) is 0. The second kappa shape index (κ2) is 14.6. The summed E-state index contributed by atoms with van der Waals surface area (Å²) in [6, 6.07) is 20.2. The van der Waals surface area contributed by atoms with Gasteiger partial charge in [0.25, 0.3) is 0 Å². The molecule has 11 heteroatoms. The fourth-order valence-corrected chi connectivity index (χ4v) is 10.8. The summed E-state index contributed by atoms with van der Waals surface area (Å²) in [6.45, 7) is 9.52. The molecule has 8 aliphatic rings. The molecule has 11 nitrogen and oxygen atoms in total. The Balaban J connectivity index is 0.585. The molecule has 5 aliphatic carbocycles. The zero-order chi connectivity index (χ0) is 38.1. The molecule has 1 aromatic heterocycles. The lowest BCUT2D eigenvalue weighted by Gasteiger charge is -2.30. The highest BCUT2D eigenvalue weighted by atomic mass is 16.5. The van der Waals surface area contributed by atoms with Crippen LogP contribution in [-0.2, 0) is 15.0 Å². The van der Waals surface area contributed by atoms with E-state index >= 15 is 0 Å². The molecule has 0 spiro atoms. The Morgan fingerprint density at radius 3 is 2.07 bits per heavy atom. The summed E-state index contributed by atoms with van der Waals surface area (Å²) >= 11 is 0. The number of carbonyl (C=O) groups excluding carboxylic acids is 2. The van der Waals surface area contributed by atoms with E-state index in [2.05, 4.69) is 68.1 Å². The van der Waals surface area contributed by atoms with Gasteiger partial charge in [-0.1, -0.05) is 47.6 Å². The van der Waals surface area contributed by atoms with Crippen LogP contribution >= 0.6 is 0 Å². The van der Waals surface area contributed by atoms with E-state index in [9.17, 15) is 9.59 Å². The Kier molecular flexibility index (Phi) is 9.32. The third-order valence-electron chi connectivity index (χ3n) is 15.1. The van der Waals surface area contributed by atoms with Crippen molar-refractivity contribution in [1.29, 1.82) is 0 Å². The van der Waals surface area contributed by atoms with Crippen molar-refractivity contribution in [2.45, 2.75) is 99.5 Å². The standard InChI is InChI=1S/C46H59N7O4/c54-41(26-51-22-34-24-52(25-35(34)23-51)29-45(14-15-45)27-47-39-20-37(39)30-4-2-1-3-5-30)56-36-10-8-31(9-11-36)38-21-40(38)48-28-46(16-17-46)44-49-42(57-50-44)32-12-18-53(19-13-32)43(55)33-6-7-33/h1-5,8-11,32-35,37-40,47-48H,6-7,12-29H2/t34?,35?,37-,38-,39+,40+/m1/s1. The largest absolute Gasteiger partial charge is 0.426 e. The van der Waals surface area contributed by atoms with Crippen molar-refractivity contribution in [2.24, 2.45) is 23.2 Å². The number of hydrogen-bond acceptors (Lipinski definition) is 10. The van der Waals surface area contributed by atoms with E-state index < -0.39 is 0 Å². The maximum Gasteiger partial charge on any atom is 0.325 e. The first-order chi connectivity index (χ1) is 27.9. The van der Waals surface area contributed by atoms with Gasteiger partial charge in [-0.25, -0.2) is 0 Å². The first kappa shape index (κ1) is 36.4. The Labute approximate surface area is 336 Å². The third kappa shape index (κ3) is 7.94. The van der Waals surface area contributed by atoms with Crippen molar-refractivity contribution in [2.75, 3.05) is 65.4 Å². The minimum Gasteiger partial charge on any atom is -0.426 e. The second-order valence-corrected chi connectivity index (χ2v) is 19.6. The van der Waals surface area contributed by atoms with E-state index in [4.69, 9.17) is 14.2 Å². The van der Waals surface area contributed by atoms with Crippen molar-refractivity contribution >= 4 is 11.9 Å². The maximum absolute atomic E-state index is 13.0. The molecule has 0 bridgehead atoms. The number of esters is 1. The van der Waals surface area contributed by atoms with E-state index in [0.717, 1.165) is 109 Å². The van der Waals surface area contributed by atoms with Gasteiger partial charge >= 0.3 is 5.97 Å². The molecule has 3 aromatic rings. The maximum atomic E-state index is 13.0. The molecule has 11 rings (SSSR count). The zero-order valence-corrected chi connectivity index (χ0v) is 33.3. The first-order valence-corrected chi connectivity index (χ1v) is 22.3. The third-order valence-corrected chi connectivity index (χ3v) is 15.1. The van der Waals surface area contributed by atoms with Gasteiger partial charge in [-0.15, -0.1) is 0 Å². The highest BCUT2D eigenvalue weighted by molar-refractivity contribution is 5.81. The fraction of sp³-hybridized carbons (Fsp3) is 0.652. The predicted molar refractivity (Wildman–Crippen MR) is 215 cm³/mol. The smallest absolute Gasteiger partial charge is 0.325 e. The predicted octanol–water partition coefficient (Wildman–Crippen LogP) is 5.06. The van der Waals surface area contributed by atoms with E-state index in [0.29, 0.717) is 59.4 Å². The number of carbonyl (C=O) groups is 2. The molecular formula is C46H59N7O4. The monoisotopic (exact) mass is 773 g/mol. The lowest BCUT2D eigenvalue weighted by molar-refractivity contribution is -0.135. The van der Waals surface area contributed by atoms with Gasteiger partial charge in [0.15, 0.2) is 5.82 Å². The summed E-state index contributed by atoms with van der Waals surface area (Å²) < 4.78 is 11.6. The molecule has 2 N–H and O–H groups in total. The Morgan fingerprint density at radius 1 is 0.772 bits per heavy atom. The van der Waals surface area contributed by atoms with Crippen molar-refractivity contribution in [1.82, 2.24) is 35.5 Å². The molecular weight excluding hydrogens is 715 g/mol. The van der Waals surface area contributed by atoms with Crippen LogP contribution in [0.15, 0.2) is 59.1 Å². The Hall–Kier alpha value is -3.64. The van der Waals surface area contributed by atoms with Gasteiger partial charge in [0.2, 0.25) is 11.8 Å².